The van der Waals surface area contributed by atoms with Gasteiger partial charge in [0.2, 0.25) is 0 Å². The maximum atomic E-state index is 11.3. The first-order valence-electron chi connectivity index (χ1n) is 4.06. The number of nitrogens with zero attached hydrogens (tertiary/aromatic N) is 2. The highest BCUT2D eigenvalue weighted by Crippen LogP contribution is 1.92. The molecule has 0 aliphatic heterocycles. The monoisotopic (exact) mass is 197 g/mol. The number of aliphatic hydroxyl groups is 2. The van der Waals surface area contributed by atoms with Gasteiger partial charge in [0.15, 0.2) is 0 Å². The van der Waals surface area contributed by atoms with E-state index in [1.165, 1.54) is 18.7 Å². The Labute approximate surface area is 80.6 Å². The van der Waals surface area contributed by atoms with Gasteiger partial charge in [-0.1, -0.05) is 0 Å². The number of aromatic nitrogens is 2. The van der Waals surface area contributed by atoms with Crippen LogP contribution in [0.5, 0.6) is 0 Å². The van der Waals surface area contributed by atoms with Gasteiger partial charge in [0.25, 0.3) is 5.91 Å². The summed E-state index contributed by atoms with van der Waals surface area (Å²) in [7, 11) is 0. The van der Waals surface area contributed by atoms with Crippen LogP contribution < -0.4 is 5.32 Å². The predicted octanol–water partition coefficient (Wildman–Crippen LogP) is -1.44. The highest BCUT2D eigenvalue weighted by molar-refractivity contribution is 5.93. The van der Waals surface area contributed by atoms with E-state index >= 15 is 0 Å². The van der Waals surface area contributed by atoms with Gasteiger partial charge in [-0.2, -0.15) is 0 Å². The van der Waals surface area contributed by atoms with E-state index < -0.39 is 6.10 Å². The lowest BCUT2D eigenvalue weighted by atomic mass is 10.3. The van der Waals surface area contributed by atoms with Gasteiger partial charge in [0.1, 0.15) is 6.33 Å². The fourth-order valence-corrected chi connectivity index (χ4v) is 0.793. The number of aliphatic hydroxyl groups excluding tert-OH is 2. The molecule has 1 aromatic rings. The van der Waals surface area contributed by atoms with Gasteiger partial charge in [-0.05, 0) is 0 Å². The quantitative estimate of drug-likeness (QED) is 0.549. The molecule has 1 atom stereocenters. The second-order valence-corrected chi connectivity index (χ2v) is 2.67. The van der Waals surface area contributed by atoms with Crippen molar-refractivity contribution >= 4 is 5.91 Å². The Kier molecular flexibility index (Phi) is 3.96. The molecule has 1 amide bonds. The summed E-state index contributed by atoms with van der Waals surface area (Å²) in [6.45, 7) is -0.379. The Hall–Kier alpha value is -1.53. The zero-order valence-electron chi connectivity index (χ0n) is 7.42. The molecule has 0 bridgehead atoms. The molecule has 0 spiro atoms. The number of carbonyl (C=O) groups excluding carboxylic acids is 1. The number of hydrogen-bond donors (Lipinski definition) is 3. The third kappa shape index (κ3) is 3.08. The SMILES string of the molecule is O=C(NCC(O)CO)c1cncnc1. The normalized spacial score (nSPS) is 12.1. The van der Waals surface area contributed by atoms with Gasteiger partial charge in [-0.15, -0.1) is 0 Å². The minimum absolute atomic E-state index is 0.00419. The summed E-state index contributed by atoms with van der Waals surface area (Å²) < 4.78 is 0. The van der Waals surface area contributed by atoms with Gasteiger partial charge in [0, 0.05) is 18.9 Å². The van der Waals surface area contributed by atoms with E-state index in [1.54, 1.807) is 0 Å². The Morgan fingerprint density at radius 3 is 2.71 bits per heavy atom. The minimum atomic E-state index is -0.941. The molecule has 1 unspecified atom stereocenters. The lowest BCUT2D eigenvalue weighted by Gasteiger charge is -2.08. The molecule has 6 nitrogen and oxygen atoms in total. The number of hydrogen-bond acceptors (Lipinski definition) is 5. The highest BCUT2D eigenvalue weighted by Gasteiger charge is 2.07. The molecule has 0 aliphatic carbocycles. The molecule has 3 N–H and O–H groups in total. The first-order chi connectivity index (χ1) is 6.74. The van der Waals surface area contributed by atoms with Crippen molar-refractivity contribution in [3.8, 4) is 0 Å². The van der Waals surface area contributed by atoms with Crippen LogP contribution in [0.25, 0.3) is 0 Å². The lowest BCUT2D eigenvalue weighted by molar-refractivity contribution is 0.0801. The Balaban J connectivity index is 2.44. The molecule has 6 heteroatoms. The van der Waals surface area contributed by atoms with E-state index in [4.69, 9.17) is 10.2 Å². The topological polar surface area (TPSA) is 95.3 Å². The average molecular weight is 197 g/mol. The molecule has 0 aliphatic rings. The smallest absolute Gasteiger partial charge is 0.254 e. The van der Waals surface area contributed by atoms with E-state index in [0.29, 0.717) is 5.56 Å². The molecule has 0 saturated heterocycles. The summed E-state index contributed by atoms with van der Waals surface area (Å²) in [5.41, 5.74) is 0.317. The Bertz CT molecular complexity index is 291. The lowest BCUT2D eigenvalue weighted by Crippen LogP contribution is -2.33. The molecule has 14 heavy (non-hydrogen) atoms. The van der Waals surface area contributed by atoms with Gasteiger partial charge in [-0.3, -0.25) is 4.79 Å². The summed E-state index contributed by atoms with van der Waals surface area (Å²) in [6.07, 6.45) is 3.12. The Morgan fingerprint density at radius 2 is 2.14 bits per heavy atom. The summed E-state index contributed by atoms with van der Waals surface area (Å²) in [5, 5.41) is 19.9. The summed E-state index contributed by atoms with van der Waals surface area (Å²) >= 11 is 0. The Morgan fingerprint density at radius 1 is 1.50 bits per heavy atom. The maximum absolute atomic E-state index is 11.3. The molecule has 76 valence electrons. The van der Waals surface area contributed by atoms with Crippen molar-refractivity contribution in [1.29, 1.82) is 0 Å². The predicted molar refractivity (Wildman–Crippen MR) is 47.5 cm³/mol. The first kappa shape index (κ1) is 10.6. The van der Waals surface area contributed by atoms with Crippen LogP contribution in [0, 0.1) is 0 Å². The van der Waals surface area contributed by atoms with Crippen molar-refractivity contribution in [2.45, 2.75) is 6.10 Å². The van der Waals surface area contributed by atoms with Gasteiger partial charge < -0.3 is 15.5 Å². The van der Waals surface area contributed by atoms with Crippen molar-refractivity contribution in [1.82, 2.24) is 15.3 Å². The first-order valence-corrected chi connectivity index (χ1v) is 4.06. The zero-order chi connectivity index (χ0) is 10.4. The van der Waals surface area contributed by atoms with Gasteiger partial charge in [0.05, 0.1) is 18.3 Å². The van der Waals surface area contributed by atoms with Crippen LogP contribution in [0.15, 0.2) is 18.7 Å². The second-order valence-electron chi connectivity index (χ2n) is 2.67. The molecular formula is C8H11N3O3. The summed E-state index contributed by atoms with van der Waals surface area (Å²) in [6, 6.07) is 0. The molecular weight excluding hydrogens is 186 g/mol. The van der Waals surface area contributed by atoms with Crippen LogP contribution >= 0.6 is 0 Å². The van der Waals surface area contributed by atoms with Crippen molar-refractivity contribution in [3.63, 3.8) is 0 Å². The van der Waals surface area contributed by atoms with Crippen LogP contribution in [-0.2, 0) is 0 Å². The van der Waals surface area contributed by atoms with Crippen LogP contribution in [-0.4, -0.2) is 45.3 Å². The van der Waals surface area contributed by atoms with E-state index in [2.05, 4.69) is 15.3 Å². The number of nitrogens with one attached hydrogen (secondary N) is 1. The molecule has 1 aromatic heterocycles. The molecule has 1 heterocycles. The third-order valence-corrected chi connectivity index (χ3v) is 1.53. The molecule has 0 fully saturated rings. The zero-order valence-corrected chi connectivity index (χ0v) is 7.42. The number of carbonyl (C=O) groups is 1. The average Bonchev–Trinajstić information content (AvgIpc) is 2.26. The number of amides is 1. The van der Waals surface area contributed by atoms with Crippen molar-refractivity contribution in [3.05, 3.63) is 24.3 Å². The summed E-state index contributed by atoms with van der Waals surface area (Å²) in [4.78, 5) is 18.6. The fraction of sp³-hybridized carbons (Fsp3) is 0.375. The van der Waals surface area contributed by atoms with Gasteiger partial charge in [-0.25, -0.2) is 9.97 Å². The van der Waals surface area contributed by atoms with Crippen LogP contribution in [0.2, 0.25) is 0 Å². The van der Waals surface area contributed by atoms with Crippen LogP contribution in [0.1, 0.15) is 10.4 Å². The fourth-order valence-electron chi connectivity index (χ4n) is 0.793. The van der Waals surface area contributed by atoms with Crippen LogP contribution in [0.3, 0.4) is 0 Å². The third-order valence-electron chi connectivity index (χ3n) is 1.53. The van der Waals surface area contributed by atoms with E-state index in [1.807, 2.05) is 0 Å². The van der Waals surface area contributed by atoms with Crippen molar-refractivity contribution in [2.24, 2.45) is 0 Å². The highest BCUT2D eigenvalue weighted by atomic mass is 16.3. The standard InChI is InChI=1S/C8H11N3O3/c12-4-7(13)3-11-8(14)6-1-9-5-10-2-6/h1-2,5,7,12-13H,3-4H2,(H,11,14). The van der Waals surface area contributed by atoms with Crippen LogP contribution in [0.4, 0.5) is 0 Å². The van der Waals surface area contributed by atoms with Gasteiger partial charge >= 0.3 is 0 Å². The summed E-state index contributed by atoms with van der Waals surface area (Å²) in [5.74, 6) is -0.377. The molecule has 1 rings (SSSR count). The molecule has 0 aromatic carbocycles. The maximum Gasteiger partial charge on any atom is 0.254 e. The van der Waals surface area contributed by atoms with Crippen molar-refractivity contribution < 1.29 is 15.0 Å². The van der Waals surface area contributed by atoms with E-state index in [0.717, 1.165) is 0 Å². The van der Waals surface area contributed by atoms with Crippen molar-refractivity contribution in [2.75, 3.05) is 13.2 Å². The molecule has 0 radical (unpaired) electrons. The number of rotatable bonds is 4. The second kappa shape index (κ2) is 5.25. The largest absolute Gasteiger partial charge is 0.394 e. The van der Waals surface area contributed by atoms with E-state index in [9.17, 15) is 4.79 Å². The van der Waals surface area contributed by atoms with E-state index in [-0.39, 0.29) is 19.1 Å². The molecule has 0 saturated carbocycles. The minimum Gasteiger partial charge on any atom is -0.394 e.